The van der Waals surface area contributed by atoms with Crippen LogP contribution in [-0.4, -0.2) is 37.1 Å². The summed E-state index contributed by atoms with van der Waals surface area (Å²) in [4.78, 5) is 6.41. The summed E-state index contributed by atoms with van der Waals surface area (Å²) >= 11 is 0. The van der Waals surface area contributed by atoms with Crippen molar-refractivity contribution in [3.05, 3.63) is 0 Å². The first-order valence-corrected chi connectivity index (χ1v) is 4.58. The Bertz CT molecular complexity index is 152. The van der Waals surface area contributed by atoms with Gasteiger partial charge in [0.2, 0.25) is 0 Å². The van der Waals surface area contributed by atoms with Crippen LogP contribution in [0.1, 0.15) is 26.7 Å². The molecule has 3 nitrogen and oxygen atoms in total. The number of aliphatic imine (C=N–C) groups is 1. The first-order valence-electron chi connectivity index (χ1n) is 4.58. The number of rotatable bonds is 2. The van der Waals surface area contributed by atoms with E-state index in [2.05, 4.69) is 9.89 Å². The molecule has 0 aromatic carbocycles. The molecule has 0 aliphatic carbocycles. The molecule has 1 rings (SSSR count). The van der Waals surface area contributed by atoms with E-state index in [0.717, 1.165) is 25.3 Å². The van der Waals surface area contributed by atoms with Gasteiger partial charge in [-0.1, -0.05) is 13.8 Å². The molecule has 1 aliphatic heterocycles. The molecule has 0 spiro atoms. The highest BCUT2D eigenvalue weighted by molar-refractivity contribution is 5.93. The topological polar surface area (TPSA) is 39.5 Å². The normalized spacial score (nSPS) is 15.9. The van der Waals surface area contributed by atoms with Gasteiger partial charge in [-0.3, -0.25) is 4.99 Å². The van der Waals surface area contributed by atoms with Crippen molar-refractivity contribution in [3.8, 4) is 0 Å². The van der Waals surface area contributed by atoms with Crippen LogP contribution in [0.15, 0.2) is 4.99 Å². The van der Waals surface area contributed by atoms with Gasteiger partial charge >= 0.3 is 0 Å². The maximum Gasteiger partial charge on any atom is 0.104 e. The lowest BCUT2D eigenvalue weighted by molar-refractivity contribution is 0.462. The lowest BCUT2D eigenvalue weighted by Crippen LogP contribution is -2.32. The third-order valence-electron chi connectivity index (χ3n) is 1.67. The molecule has 0 saturated heterocycles. The van der Waals surface area contributed by atoms with Crippen LogP contribution in [0.5, 0.6) is 0 Å². The minimum atomic E-state index is 0.691. The fourth-order valence-corrected chi connectivity index (χ4v) is 1.08. The first-order chi connectivity index (χ1) is 5.84. The van der Waals surface area contributed by atoms with E-state index in [-0.39, 0.29) is 0 Å². The third kappa shape index (κ3) is 3.51. The summed E-state index contributed by atoms with van der Waals surface area (Å²) < 4.78 is 0. The molecule has 0 saturated carbocycles. The Morgan fingerprint density at radius 3 is 2.75 bits per heavy atom. The van der Waals surface area contributed by atoms with E-state index < -0.39 is 0 Å². The molecule has 1 heterocycles. The van der Waals surface area contributed by atoms with Crippen molar-refractivity contribution in [1.29, 1.82) is 5.41 Å². The van der Waals surface area contributed by atoms with Gasteiger partial charge in [0, 0.05) is 32.8 Å². The lowest BCUT2D eigenvalue weighted by Gasteiger charge is -2.23. The van der Waals surface area contributed by atoms with Gasteiger partial charge < -0.3 is 10.3 Å². The molecule has 0 fully saturated rings. The van der Waals surface area contributed by atoms with Gasteiger partial charge in [0.15, 0.2) is 0 Å². The highest BCUT2D eigenvalue weighted by atomic mass is 15.2. The number of nitrogens with one attached hydrogen (secondary N) is 1. The molecule has 0 bridgehead atoms. The van der Waals surface area contributed by atoms with Gasteiger partial charge in [0.1, 0.15) is 5.84 Å². The van der Waals surface area contributed by atoms with Crippen LogP contribution in [0.4, 0.5) is 0 Å². The van der Waals surface area contributed by atoms with E-state index in [0.29, 0.717) is 6.42 Å². The predicted molar refractivity (Wildman–Crippen MR) is 54.3 cm³/mol. The van der Waals surface area contributed by atoms with Crippen molar-refractivity contribution in [1.82, 2.24) is 4.90 Å². The second-order valence-electron chi connectivity index (χ2n) is 2.48. The Labute approximate surface area is 75.0 Å². The molecule has 0 atom stereocenters. The summed E-state index contributed by atoms with van der Waals surface area (Å²) in [6.45, 7) is 6.03. The highest BCUT2D eigenvalue weighted by Crippen LogP contribution is 2.01. The minimum absolute atomic E-state index is 0.691. The van der Waals surface area contributed by atoms with Crippen LogP contribution >= 0.6 is 0 Å². The Morgan fingerprint density at radius 2 is 2.25 bits per heavy atom. The molecular weight excluding hydrogens is 150 g/mol. The average molecular weight is 169 g/mol. The molecule has 1 aliphatic rings. The maximum absolute atomic E-state index is 6.90. The van der Waals surface area contributed by atoms with Crippen LogP contribution in [0.3, 0.4) is 0 Å². The zero-order chi connectivity index (χ0) is 9.40. The average Bonchev–Trinajstić information content (AvgIpc) is 2.13. The Hall–Kier alpha value is -0.860. The first kappa shape index (κ1) is 11.1. The molecule has 0 amide bonds. The Balaban J connectivity index is 0.000000561. The van der Waals surface area contributed by atoms with Crippen molar-refractivity contribution in [3.63, 3.8) is 0 Å². The van der Waals surface area contributed by atoms with Crippen molar-refractivity contribution in [2.75, 3.05) is 20.1 Å². The summed E-state index contributed by atoms with van der Waals surface area (Å²) in [6, 6.07) is 0. The zero-order valence-electron chi connectivity index (χ0n) is 8.30. The molecule has 1 N–H and O–H groups in total. The van der Waals surface area contributed by atoms with E-state index >= 15 is 0 Å². The molecular formula is C9H19N3. The van der Waals surface area contributed by atoms with Crippen LogP contribution < -0.4 is 0 Å². The molecule has 12 heavy (non-hydrogen) atoms. The summed E-state index contributed by atoms with van der Waals surface area (Å²) in [5, 5.41) is 6.90. The van der Waals surface area contributed by atoms with Crippen molar-refractivity contribution < 1.29 is 0 Å². The molecule has 70 valence electrons. The van der Waals surface area contributed by atoms with E-state index in [1.54, 1.807) is 0 Å². The molecule has 0 aromatic heterocycles. The Morgan fingerprint density at radius 1 is 1.58 bits per heavy atom. The monoisotopic (exact) mass is 169 g/mol. The van der Waals surface area contributed by atoms with Gasteiger partial charge in [-0.15, -0.1) is 0 Å². The SMILES string of the molecule is CC.CN1CCCN=C1CC=N. The molecule has 3 heteroatoms. The van der Waals surface area contributed by atoms with Gasteiger partial charge in [-0.25, -0.2) is 0 Å². The molecule has 0 radical (unpaired) electrons. The van der Waals surface area contributed by atoms with Crippen LogP contribution in [0.2, 0.25) is 0 Å². The number of hydrogen-bond acceptors (Lipinski definition) is 3. The van der Waals surface area contributed by atoms with Crippen molar-refractivity contribution in [2.24, 2.45) is 4.99 Å². The fraction of sp³-hybridized carbons (Fsp3) is 0.778. The maximum atomic E-state index is 6.90. The van der Waals surface area contributed by atoms with E-state index in [4.69, 9.17) is 5.41 Å². The summed E-state index contributed by atoms with van der Waals surface area (Å²) in [5.41, 5.74) is 0. The zero-order valence-corrected chi connectivity index (χ0v) is 8.30. The second-order valence-corrected chi connectivity index (χ2v) is 2.48. The number of amidine groups is 1. The lowest BCUT2D eigenvalue weighted by atomic mass is 10.3. The number of hydrogen-bond donors (Lipinski definition) is 1. The van der Waals surface area contributed by atoms with Gasteiger partial charge in [0.25, 0.3) is 0 Å². The smallest absolute Gasteiger partial charge is 0.104 e. The standard InChI is InChI=1S/C7H13N3.C2H6/c1-10-6-2-5-9-7(10)3-4-8;1-2/h4,8H,2-3,5-6H2,1H3;1-2H3. The number of nitrogens with zero attached hydrogens (tertiary/aromatic N) is 2. The van der Waals surface area contributed by atoms with E-state index in [1.807, 2.05) is 20.9 Å². The molecule has 0 unspecified atom stereocenters. The summed E-state index contributed by atoms with van der Waals surface area (Å²) in [6.07, 6.45) is 3.25. The van der Waals surface area contributed by atoms with Gasteiger partial charge in [-0.05, 0) is 6.42 Å². The van der Waals surface area contributed by atoms with E-state index in [9.17, 15) is 0 Å². The van der Waals surface area contributed by atoms with Crippen LogP contribution in [-0.2, 0) is 0 Å². The van der Waals surface area contributed by atoms with Crippen molar-refractivity contribution >= 4 is 12.1 Å². The minimum Gasteiger partial charge on any atom is -0.363 e. The van der Waals surface area contributed by atoms with E-state index in [1.165, 1.54) is 6.21 Å². The summed E-state index contributed by atoms with van der Waals surface area (Å²) in [7, 11) is 2.03. The van der Waals surface area contributed by atoms with Crippen LogP contribution in [0, 0.1) is 5.41 Å². The third-order valence-corrected chi connectivity index (χ3v) is 1.67. The van der Waals surface area contributed by atoms with Crippen LogP contribution in [0.25, 0.3) is 0 Å². The summed E-state index contributed by atoms with van der Waals surface area (Å²) in [5.74, 6) is 1.06. The predicted octanol–water partition coefficient (Wildman–Crippen LogP) is 1.79. The largest absolute Gasteiger partial charge is 0.363 e. The fourth-order valence-electron chi connectivity index (χ4n) is 1.08. The van der Waals surface area contributed by atoms with Crippen molar-refractivity contribution in [2.45, 2.75) is 26.7 Å². The van der Waals surface area contributed by atoms with Gasteiger partial charge in [-0.2, -0.15) is 0 Å². The molecule has 0 aromatic rings. The quantitative estimate of drug-likeness (QED) is 0.629. The highest BCUT2D eigenvalue weighted by Gasteiger charge is 2.07. The second kappa shape index (κ2) is 6.83. The van der Waals surface area contributed by atoms with Gasteiger partial charge in [0.05, 0.1) is 0 Å². The Kier molecular flexibility index (Phi) is 6.34.